The van der Waals surface area contributed by atoms with E-state index in [0.29, 0.717) is 32.7 Å². The summed E-state index contributed by atoms with van der Waals surface area (Å²) in [7, 11) is 55.4. The molecule has 252 valence electrons. The molecule has 16 radical (unpaired) electrons. The van der Waals surface area contributed by atoms with Gasteiger partial charge in [0.15, 0.2) is 0 Å². The molecule has 0 fully saturated rings. The van der Waals surface area contributed by atoms with E-state index in [2.05, 4.69) is 84.9 Å². The molecule has 11 aromatic rings. The van der Waals surface area contributed by atoms with Gasteiger partial charge in [-0.1, -0.05) is 131 Å². The first-order valence-corrected chi connectivity index (χ1v) is 19.2. The van der Waals surface area contributed by atoms with Crippen LogP contribution in [-0.4, -0.2) is 62.8 Å². The lowest BCUT2D eigenvalue weighted by Gasteiger charge is -2.29. The maximum absolute atomic E-state index is 7.14. The van der Waals surface area contributed by atoms with Crippen molar-refractivity contribution in [1.82, 2.24) is 0 Å². The van der Waals surface area contributed by atoms with Crippen LogP contribution in [0.3, 0.4) is 0 Å². The van der Waals surface area contributed by atoms with Crippen molar-refractivity contribution in [3.63, 3.8) is 0 Å². The molecule has 0 amide bonds. The minimum atomic E-state index is 0.161. The number of hydrogen-bond donors (Lipinski definition) is 0. The molecule has 0 aliphatic heterocycles. The van der Waals surface area contributed by atoms with Crippen LogP contribution in [0.25, 0.3) is 109 Å². The Morgan fingerprint density at radius 3 is 1.44 bits per heavy atom. The van der Waals surface area contributed by atoms with Crippen LogP contribution in [-0.2, 0) is 0 Å². The number of fused-ring (bicyclic) bond motifs is 9. The van der Waals surface area contributed by atoms with E-state index >= 15 is 0 Å². The molecule has 0 aliphatic rings. The van der Waals surface area contributed by atoms with Crippen molar-refractivity contribution in [2.75, 3.05) is 0 Å². The molecule has 0 N–H and O–H groups in total. The van der Waals surface area contributed by atoms with Crippen molar-refractivity contribution in [2.45, 2.75) is 0 Å². The number of hydrogen-bond acceptors (Lipinski definition) is 1. The van der Waals surface area contributed by atoms with Gasteiger partial charge in [0.1, 0.15) is 73.9 Å². The van der Waals surface area contributed by atoms with Crippen LogP contribution >= 0.6 is 0 Å². The highest BCUT2D eigenvalue weighted by Gasteiger charge is 2.26. The molecule has 59 heavy (non-hydrogen) atoms. The zero-order valence-corrected chi connectivity index (χ0v) is 31.7. The summed E-state index contributed by atoms with van der Waals surface area (Å²) in [6.07, 6.45) is 0. The molecule has 1 heterocycles. The smallest absolute Gasteiger partial charge is 0.143 e. The molecular formula is C50H22B8O. The third-order valence-electron chi connectivity index (χ3n) is 12.2. The fourth-order valence-corrected chi connectivity index (χ4v) is 9.29. The van der Waals surface area contributed by atoms with Gasteiger partial charge in [-0.15, -0.1) is 21.9 Å². The maximum atomic E-state index is 7.14. The van der Waals surface area contributed by atoms with Gasteiger partial charge in [0.05, 0.1) is 0 Å². The van der Waals surface area contributed by atoms with Crippen molar-refractivity contribution in [3.8, 4) is 33.4 Å². The largest absolute Gasteiger partial charge is 0.455 e. The first-order valence-electron chi connectivity index (χ1n) is 19.2. The van der Waals surface area contributed by atoms with Crippen LogP contribution in [0.4, 0.5) is 0 Å². The van der Waals surface area contributed by atoms with E-state index in [9.17, 15) is 0 Å². The molecule has 9 heteroatoms. The predicted octanol–water partition coefficient (Wildman–Crippen LogP) is 4.70. The van der Waals surface area contributed by atoms with E-state index in [1.165, 1.54) is 5.39 Å². The Morgan fingerprint density at radius 2 is 0.797 bits per heavy atom. The molecule has 1 aromatic heterocycles. The average Bonchev–Trinajstić information content (AvgIpc) is 3.66. The zero-order valence-electron chi connectivity index (χ0n) is 31.7. The Bertz CT molecular complexity index is 3580. The van der Waals surface area contributed by atoms with Gasteiger partial charge in [-0.25, -0.2) is 0 Å². The second kappa shape index (κ2) is 13.2. The number of furan rings is 1. The fraction of sp³-hybridized carbons (Fsp3) is 0. The number of rotatable bonds is 3. The SMILES string of the molecule is [B]c1c([B])c([B])c2c(-c3ccc(-c4ccc5ccccc5c4)c4ccccc34)c3c([B])c([B])c([B])c([B])c3c(-c3ccc4oc5c6ccccc6ccc5c4c3)c2c1[B]. The van der Waals surface area contributed by atoms with Crippen LogP contribution in [0.5, 0.6) is 0 Å². The normalized spacial score (nSPS) is 11.9. The summed E-state index contributed by atoms with van der Waals surface area (Å²) < 4.78 is 6.50. The Hall–Kier alpha value is -6.18. The van der Waals surface area contributed by atoms with Gasteiger partial charge in [-0.2, -0.15) is 0 Å². The van der Waals surface area contributed by atoms with Crippen LogP contribution in [0.2, 0.25) is 0 Å². The molecule has 1 nitrogen and oxygen atoms in total. The van der Waals surface area contributed by atoms with E-state index in [4.69, 9.17) is 67.2 Å². The Labute approximate surface area is 351 Å². The highest BCUT2D eigenvalue weighted by Crippen LogP contribution is 2.45. The monoisotopic (exact) mass is 726 g/mol. The van der Waals surface area contributed by atoms with Gasteiger partial charge in [-0.3, -0.25) is 0 Å². The van der Waals surface area contributed by atoms with E-state index in [1.54, 1.807) is 0 Å². The Balaban J connectivity index is 1.30. The molecule has 0 aliphatic carbocycles. The Morgan fingerprint density at radius 1 is 0.305 bits per heavy atom. The van der Waals surface area contributed by atoms with Crippen LogP contribution in [0.15, 0.2) is 138 Å². The summed E-state index contributed by atoms with van der Waals surface area (Å²) in [6.45, 7) is 0. The van der Waals surface area contributed by atoms with Gasteiger partial charge in [0.2, 0.25) is 0 Å². The molecule has 0 unspecified atom stereocenters. The molecule has 11 rings (SSSR count). The molecule has 10 aromatic carbocycles. The molecule has 0 atom stereocenters. The lowest BCUT2D eigenvalue weighted by Crippen LogP contribution is -2.50. The lowest BCUT2D eigenvalue weighted by molar-refractivity contribution is 0.672. The third-order valence-corrected chi connectivity index (χ3v) is 12.2. The van der Waals surface area contributed by atoms with E-state index < -0.39 is 0 Å². The minimum Gasteiger partial charge on any atom is -0.455 e. The van der Waals surface area contributed by atoms with Crippen LogP contribution < -0.4 is 43.7 Å². The second-order valence-corrected chi connectivity index (χ2v) is 15.3. The van der Waals surface area contributed by atoms with Crippen molar-refractivity contribution in [2.24, 2.45) is 0 Å². The highest BCUT2D eigenvalue weighted by atomic mass is 16.3. The molecule has 0 saturated carbocycles. The summed E-state index contributed by atoms with van der Waals surface area (Å²) in [5.74, 6) is 0. The van der Waals surface area contributed by atoms with Gasteiger partial charge in [-0.05, 0) is 106 Å². The molecular weight excluding hydrogens is 703 g/mol. The highest BCUT2D eigenvalue weighted by molar-refractivity contribution is 6.71. The second-order valence-electron chi connectivity index (χ2n) is 15.3. The van der Waals surface area contributed by atoms with Gasteiger partial charge in [0.25, 0.3) is 0 Å². The molecule has 0 saturated heterocycles. The van der Waals surface area contributed by atoms with Gasteiger partial charge < -0.3 is 4.42 Å². The summed E-state index contributed by atoms with van der Waals surface area (Å²) in [5, 5.41) is 10.5. The van der Waals surface area contributed by atoms with E-state index in [1.807, 2.05) is 48.5 Å². The average molecular weight is 725 g/mol. The third kappa shape index (κ3) is 5.10. The van der Waals surface area contributed by atoms with Crippen LogP contribution in [0.1, 0.15) is 0 Å². The summed E-state index contributed by atoms with van der Waals surface area (Å²) in [6, 6.07) is 45.6. The predicted molar refractivity (Wildman–Crippen MR) is 261 cm³/mol. The van der Waals surface area contributed by atoms with E-state index in [-0.39, 0.29) is 43.7 Å². The van der Waals surface area contributed by atoms with Crippen molar-refractivity contribution < 1.29 is 4.42 Å². The minimum absolute atomic E-state index is 0.161. The van der Waals surface area contributed by atoms with Gasteiger partial charge >= 0.3 is 0 Å². The Kier molecular flexibility index (Phi) is 8.02. The van der Waals surface area contributed by atoms with Gasteiger partial charge in [0, 0.05) is 16.2 Å². The quantitative estimate of drug-likeness (QED) is 0.190. The summed E-state index contributed by atoms with van der Waals surface area (Å²) >= 11 is 0. The van der Waals surface area contributed by atoms with Crippen LogP contribution in [0, 0.1) is 0 Å². The fourth-order valence-electron chi connectivity index (χ4n) is 9.29. The van der Waals surface area contributed by atoms with Crippen molar-refractivity contribution >= 4 is 182 Å². The first-order chi connectivity index (χ1) is 28.6. The summed E-state index contributed by atoms with van der Waals surface area (Å²) in [4.78, 5) is 0. The zero-order chi connectivity index (χ0) is 40.4. The van der Waals surface area contributed by atoms with Crippen molar-refractivity contribution in [1.29, 1.82) is 0 Å². The van der Waals surface area contributed by atoms with Crippen molar-refractivity contribution in [3.05, 3.63) is 133 Å². The van der Waals surface area contributed by atoms with E-state index in [0.717, 1.165) is 71.1 Å². The first kappa shape index (κ1) is 35.9. The lowest BCUT2D eigenvalue weighted by atomic mass is 9.59. The molecule has 0 bridgehead atoms. The molecule has 0 spiro atoms. The number of benzene rings is 10. The topological polar surface area (TPSA) is 13.1 Å². The standard InChI is InChI=1S/C50H22B8O/c51-42-38-36(27-16-20-35-34(22-27)33-17-15-24-8-3-4-10-29(24)50(33)59-35)39-41(45(54)49(58)47(56)43(39)52)37(40(38)44(53)48(57)46(42)55)32-19-18-28(30-11-5-6-12-31(30)32)26-14-13-23-7-1-2-9-25(23)21-26/h1-22H. The maximum Gasteiger partial charge on any atom is 0.143 e. The summed E-state index contributed by atoms with van der Waals surface area (Å²) in [5.41, 5.74) is 8.18.